The predicted molar refractivity (Wildman–Crippen MR) is 51.1 cm³/mol. The Morgan fingerprint density at radius 1 is 1.00 bits per heavy atom. The zero-order valence-corrected chi connectivity index (χ0v) is 7.14. The molecule has 0 saturated heterocycles. The van der Waals surface area contributed by atoms with Crippen LogP contribution in [0.5, 0.6) is 11.5 Å². The van der Waals surface area contributed by atoms with Crippen LogP contribution in [0.2, 0.25) is 0 Å². The topological polar surface area (TPSA) is 115 Å². The minimum absolute atomic E-state index is 0. The van der Waals surface area contributed by atoms with Gasteiger partial charge in [-0.1, -0.05) is 6.07 Å². The van der Waals surface area contributed by atoms with Gasteiger partial charge in [-0.2, -0.15) is 8.42 Å². The van der Waals surface area contributed by atoms with Gasteiger partial charge in [0, 0.05) is 6.07 Å². The van der Waals surface area contributed by atoms with Gasteiger partial charge in [-0.15, -0.1) is 0 Å². The molecule has 0 amide bonds. The summed E-state index contributed by atoms with van der Waals surface area (Å²) < 4.78 is 31.6. The van der Waals surface area contributed by atoms with E-state index < -0.39 is 10.4 Å². The molecular weight excluding hydrogens is 239 g/mol. The molecular formula is C6H9KO6S. The average Bonchev–Trinajstić information content (AvgIpc) is 1.81. The number of phenolic OH excluding ortho intramolecular Hbond substituents is 2. The van der Waals surface area contributed by atoms with Crippen LogP contribution in [0, 0.1) is 0 Å². The van der Waals surface area contributed by atoms with E-state index in [1.807, 2.05) is 0 Å². The fourth-order valence-electron chi connectivity index (χ4n) is 0.493. The van der Waals surface area contributed by atoms with Crippen LogP contribution in [-0.2, 0) is 10.4 Å². The summed E-state index contributed by atoms with van der Waals surface area (Å²) in [5.41, 5.74) is 0. The monoisotopic (exact) mass is 248 g/mol. The van der Waals surface area contributed by atoms with E-state index in [0.717, 1.165) is 0 Å². The number of aromatic hydroxyl groups is 2. The van der Waals surface area contributed by atoms with Crippen LogP contribution in [0.4, 0.5) is 0 Å². The molecule has 0 bridgehead atoms. The molecule has 0 heterocycles. The van der Waals surface area contributed by atoms with Gasteiger partial charge in [0.1, 0.15) is 11.5 Å². The van der Waals surface area contributed by atoms with Crippen LogP contribution in [0.15, 0.2) is 24.3 Å². The number of phenols is 2. The normalized spacial score (nSPS) is 9.29. The Hall–Kier alpha value is 0.326. The molecule has 76 valence electrons. The van der Waals surface area contributed by atoms with E-state index in [9.17, 15) is 0 Å². The zero-order chi connectivity index (χ0) is 10.5. The minimum atomic E-state index is -4.67. The zero-order valence-electron chi connectivity index (χ0n) is 6.32. The van der Waals surface area contributed by atoms with E-state index in [-0.39, 0.29) is 62.9 Å². The van der Waals surface area contributed by atoms with Crippen molar-refractivity contribution >= 4 is 61.8 Å². The Morgan fingerprint density at radius 3 is 1.43 bits per heavy atom. The van der Waals surface area contributed by atoms with Crippen LogP contribution < -0.4 is 0 Å². The van der Waals surface area contributed by atoms with E-state index in [2.05, 4.69) is 0 Å². The molecule has 1 rings (SSSR count). The summed E-state index contributed by atoms with van der Waals surface area (Å²) in [6.45, 7) is 0. The van der Waals surface area contributed by atoms with Crippen LogP contribution in [0.25, 0.3) is 0 Å². The van der Waals surface area contributed by atoms with Gasteiger partial charge in [0.25, 0.3) is 0 Å². The van der Waals surface area contributed by atoms with Gasteiger partial charge in [0.15, 0.2) is 0 Å². The van der Waals surface area contributed by atoms with E-state index in [1.165, 1.54) is 18.2 Å². The predicted octanol–water partition coefficient (Wildman–Crippen LogP) is -0.204. The van der Waals surface area contributed by atoms with Gasteiger partial charge in [-0.3, -0.25) is 9.11 Å². The van der Waals surface area contributed by atoms with Crippen LogP contribution in [0.3, 0.4) is 0 Å². The second-order valence-electron chi connectivity index (χ2n) is 1.97. The first kappa shape index (κ1) is 16.7. The van der Waals surface area contributed by atoms with Crippen LogP contribution in [-0.4, -0.2) is 79.1 Å². The van der Waals surface area contributed by atoms with Crippen LogP contribution in [0.1, 0.15) is 0 Å². The maximum atomic E-state index is 8.74. The van der Waals surface area contributed by atoms with Gasteiger partial charge in [0.2, 0.25) is 0 Å². The summed E-state index contributed by atoms with van der Waals surface area (Å²) in [6, 6.07) is 5.85. The number of hydrogen-bond acceptors (Lipinski definition) is 4. The average molecular weight is 248 g/mol. The standard InChI is InChI=1S/C6H6O2.K.H2O4S.H/c7-5-2-1-3-6(8)4-5;;1-5(2,3)4;/h1-4,7-8H;;(H2,1,2,3,4);. The number of rotatable bonds is 0. The molecule has 0 spiro atoms. The molecule has 0 fully saturated rings. The number of hydrogen-bond donors (Lipinski definition) is 4. The molecule has 0 aliphatic heterocycles. The molecule has 1 aromatic rings. The summed E-state index contributed by atoms with van der Waals surface area (Å²) in [5.74, 6) is 0.176. The summed E-state index contributed by atoms with van der Waals surface area (Å²) in [5, 5.41) is 17.3. The van der Waals surface area contributed by atoms with Crippen molar-refractivity contribution in [2.45, 2.75) is 0 Å². The molecule has 1 aromatic carbocycles. The van der Waals surface area contributed by atoms with E-state index in [0.29, 0.717) is 0 Å². The quantitative estimate of drug-likeness (QED) is 0.373. The molecule has 14 heavy (non-hydrogen) atoms. The van der Waals surface area contributed by atoms with Crippen molar-refractivity contribution in [1.29, 1.82) is 0 Å². The molecule has 4 N–H and O–H groups in total. The van der Waals surface area contributed by atoms with Crippen molar-refractivity contribution < 1.29 is 27.7 Å². The first-order chi connectivity index (χ1) is 5.79. The third kappa shape index (κ3) is 14.8. The Kier molecular flexibility index (Phi) is 9.09. The van der Waals surface area contributed by atoms with Gasteiger partial charge in [0.05, 0.1) is 0 Å². The molecule has 0 saturated carbocycles. The number of benzene rings is 1. The molecule has 0 aromatic heterocycles. The van der Waals surface area contributed by atoms with Gasteiger partial charge < -0.3 is 10.2 Å². The van der Waals surface area contributed by atoms with E-state index >= 15 is 0 Å². The molecule has 0 radical (unpaired) electrons. The van der Waals surface area contributed by atoms with Crippen molar-refractivity contribution in [3.63, 3.8) is 0 Å². The second kappa shape index (κ2) is 7.60. The summed E-state index contributed by atoms with van der Waals surface area (Å²) in [7, 11) is -4.67. The second-order valence-corrected chi connectivity index (χ2v) is 2.86. The Morgan fingerprint density at radius 2 is 1.29 bits per heavy atom. The molecule has 0 atom stereocenters. The van der Waals surface area contributed by atoms with Crippen molar-refractivity contribution in [1.82, 2.24) is 0 Å². The molecule has 0 unspecified atom stereocenters. The summed E-state index contributed by atoms with van der Waals surface area (Å²) in [4.78, 5) is 0. The van der Waals surface area contributed by atoms with Crippen molar-refractivity contribution in [3.8, 4) is 11.5 Å². The van der Waals surface area contributed by atoms with Crippen LogP contribution >= 0.6 is 0 Å². The fourth-order valence-corrected chi connectivity index (χ4v) is 0.493. The van der Waals surface area contributed by atoms with Gasteiger partial charge in [-0.25, -0.2) is 0 Å². The third-order valence-electron chi connectivity index (χ3n) is 0.830. The Bertz CT molecular complexity index is 337. The first-order valence-electron chi connectivity index (χ1n) is 2.97. The molecule has 0 aliphatic carbocycles. The molecule has 6 nitrogen and oxygen atoms in total. The van der Waals surface area contributed by atoms with Gasteiger partial charge >= 0.3 is 61.8 Å². The Balaban J connectivity index is 0. The summed E-state index contributed by atoms with van der Waals surface area (Å²) >= 11 is 0. The molecule has 0 aliphatic rings. The van der Waals surface area contributed by atoms with Crippen molar-refractivity contribution in [2.75, 3.05) is 0 Å². The van der Waals surface area contributed by atoms with Crippen molar-refractivity contribution in [2.24, 2.45) is 0 Å². The van der Waals surface area contributed by atoms with Crippen molar-refractivity contribution in [3.05, 3.63) is 24.3 Å². The van der Waals surface area contributed by atoms with E-state index in [4.69, 9.17) is 27.7 Å². The molecule has 8 heteroatoms. The maximum absolute atomic E-state index is 8.74. The third-order valence-corrected chi connectivity index (χ3v) is 0.830. The van der Waals surface area contributed by atoms with Gasteiger partial charge in [-0.05, 0) is 12.1 Å². The van der Waals surface area contributed by atoms with E-state index in [1.54, 1.807) is 6.07 Å². The summed E-state index contributed by atoms with van der Waals surface area (Å²) in [6.07, 6.45) is 0. The SMILES string of the molecule is O=S(=O)(O)O.Oc1cccc(O)c1.[KH]. The first-order valence-corrected chi connectivity index (χ1v) is 4.36. The fraction of sp³-hybridized carbons (Fsp3) is 0. The Labute approximate surface area is 124 Å².